The molecule has 1 aromatic heterocycles. The number of anilines is 1. The lowest BCUT2D eigenvalue weighted by atomic mass is 9.94. The zero-order chi connectivity index (χ0) is 24.4. The van der Waals surface area contributed by atoms with Crippen molar-refractivity contribution in [1.29, 1.82) is 0 Å². The van der Waals surface area contributed by atoms with E-state index in [4.69, 9.17) is 9.84 Å². The van der Waals surface area contributed by atoms with E-state index < -0.39 is 12.1 Å². The van der Waals surface area contributed by atoms with E-state index in [9.17, 15) is 14.4 Å². The summed E-state index contributed by atoms with van der Waals surface area (Å²) in [6.07, 6.45) is 0.925. The Labute approximate surface area is 202 Å². The minimum absolute atomic E-state index is 0.0430. The number of aliphatic carboxylic acids is 1. The molecule has 35 heavy (non-hydrogen) atoms. The van der Waals surface area contributed by atoms with Crippen molar-refractivity contribution in [1.82, 2.24) is 15.1 Å². The van der Waals surface area contributed by atoms with E-state index in [1.54, 1.807) is 4.90 Å². The summed E-state index contributed by atoms with van der Waals surface area (Å²) in [4.78, 5) is 37.9. The molecule has 180 valence electrons. The van der Waals surface area contributed by atoms with E-state index in [2.05, 4.69) is 39.8 Å². The largest absolute Gasteiger partial charge is 0.481 e. The molecule has 9 heteroatoms. The molecule has 0 spiro atoms. The number of nitrogens with zero attached hydrogens (tertiary/aromatic N) is 2. The van der Waals surface area contributed by atoms with Gasteiger partial charge in [-0.2, -0.15) is 5.10 Å². The van der Waals surface area contributed by atoms with Gasteiger partial charge in [-0.1, -0.05) is 48.5 Å². The Hall–Kier alpha value is -4.14. The lowest BCUT2D eigenvalue weighted by Gasteiger charge is -2.31. The van der Waals surface area contributed by atoms with Crippen molar-refractivity contribution in [2.75, 3.05) is 25.0 Å². The molecule has 0 bridgehead atoms. The fourth-order valence-corrected chi connectivity index (χ4v) is 5.07. The Bertz CT molecular complexity index is 1220. The van der Waals surface area contributed by atoms with Crippen LogP contribution in [0.4, 0.5) is 10.6 Å². The average Bonchev–Trinajstić information content (AvgIpc) is 3.45. The minimum Gasteiger partial charge on any atom is -0.481 e. The number of aromatic amines is 1. The highest BCUT2D eigenvalue weighted by Gasteiger charge is 2.30. The molecule has 1 aliphatic heterocycles. The van der Waals surface area contributed by atoms with E-state index in [1.165, 1.54) is 6.07 Å². The quantitative estimate of drug-likeness (QED) is 0.494. The van der Waals surface area contributed by atoms with Crippen LogP contribution in [0.1, 0.15) is 46.8 Å². The third kappa shape index (κ3) is 4.75. The number of fused-ring (bicyclic) bond motifs is 3. The molecular weight excluding hydrogens is 448 g/mol. The first-order valence-corrected chi connectivity index (χ1v) is 11.7. The van der Waals surface area contributed by atoms with Gasteiger partial charge in [0.15, 0.2) is 5.82 Å². The number of amides is 2. The predicted molar refractivity (Wildman–Crippen MR) is 128 cm³/mol. The third-order valence-corrected chi connectivity index (χ3v) is 6.65. The molecule has 1 fully saturated rings. The van der Waals surface area contributed by atoms with E-state index >= 15 is 0 Å². The molecule has 1 aliphatic carbocycles. The number of carboxylic acid groups (broad SMARTS) is 1. The number of carbonyl (C=O) groups excluding carboxylic acids is 2. The van der Waals surface area contributed by atoms with Gasteiger partial charge in [0.1, 0.15) is 12.3 Å². The van der Waals surface area contributed by atoms with E-state index in [-0.39, 0.29) is 42.3 Å². The van der Waals surface area contributed by atoms with E-state index in [0.29, 0.717) is 13.1 Å². The summed E-state index contributed by atoms with van der Waals surface area (Å²) in [6.45, 7) is 1.12. The van der Waals surface area contributed by atoms with Crippen LogP contribution in [0, 0.1) is 5.92 Å². The van der Waals surface area contributed by atoms with Gasteiger partial charge in [-0.3, -0.25) is 20.0 Å². The van der Waals surface area contributed by atoms with Gasteiger partial charge in [-0.25, -0.2) is 4.79 Å². The molecule has 2 heterocycles. The number of hydrogen-bond acceptors (Lipinski definition) is 5. The van der Waals surface area contributed by atoms with Crippen molar-refractivity contribution in [3.05, 3.63) is 71.4 Å². The third-order valence-electron chi connectivity index (χ3n) is 6.65. The monoisotopic (exact) mass is 474 g/mol. The van der Waals surface area contributed by atoms with Crippen LogP contribution < -0.4 is 5.32 Å². The molecule has 3 N–H and O–H groups in total. The molecule has 2 aromatic carbocycles. The van der Waals surface area contributed by atoms with Gasteiger partial charge in [0.25, 0.3) is 5.91 Å². The highest BCUT2D eigenvalue weighted by Crippen LogP contribution is 2.44. The number of nitrogens with one attached hydrogen (secondary N) is 2. The fraction of sp³-hybridized carbons (Fsp3) is 0.308. The van der Waals surface area contributed by atoms with Gasteiger partial charge in [-0.15, -0.1) is 0 Å². The van der Waals surface area contributed by atoms with Crippen molar-refractivity contribution in [2.45, 2.75) is 25.2 Å². The standard InChI is InChI=1S/C26H26N4O5/c31-24(32)12-16-6-5-11-30(14-16)25(33)22-13-23(29-28-22)27-26(34)35-15-21-19-9-3-1-7-17(19)18-8-2-4-10-20(18)21/h1-4,7-10,13,16,21H,5-6,11-12,14-15H2,(H,31,32)(H2,27,28,29,34). The number of carbonyl (C=O) groups is 3. The van der Waals surface area contributed by atoms with Crippen molar-refractivity contribution >= 4 is 23.8 Å². The number of piperidine rings is 1. The number of carboxylic acids is 1. The first-order chi connectivity index (χ1) is 17.0. The smallest absolute Gasteiger partial charge is 0.412 e. The molecule has 2 amide bonds. The second kappa shape index (κ2) is 9.61. The van der Waals surface area contributed by atoms with Crippen molar-refractivity contribution in [2.24, 2.45) is 5.92 Å². The SMILES string of the molecule is O=C(O)CC1CCCN(C(=O)c2cc(NC(=O)OCC3c4ccccc4-c4ccccc43)n[nH]2)C1. The summed E-state index contributed by atoms with van der Waals surface area (Å²) in [5, 5.41) is 18.3. The van der Waals surface area contributed by atoms with Crippen LogP contribution in [0.3, 0.4) is 0 Å². The second-order valence-corrected chi connectivity index (χ2v) is 8.97. The van der Waals surface area contributed by atoms with Crippen molar-refractivity contribution < 1.29 is 24.2 Å². The molecule has 2 aliphatic rings. The summed E-state index contributed by atoms with van der Waals surface area (Å²) in [7, 11) is 0. The Morgan fingerprint density at radius 1 is 1.09 bits per heavy atom. The normalized spacial score (nSPS) is 16.9. The van der Waals surface area contributed by atoms with Crippen molar-refractivity contribution in [3.8, 4) is 11.1 Å². The van der Waals surface area contributed by atoms with Gasteiger partial charge in [0, 0.05) is 31.5 Å². The molecule has 3 aromatic rings. The maximum absolute atomic E-state index is 12.8. The number of ether oxygens (including phenoxy) is 1. The van der Waals surface area contributed by atoms with Gasteiger partial charge in [0.2, 0.25) is 0 Å². The number of H-pyrrole nitrogens is 1. The van der Waals surface area contributed by atoms with Gasteiger partial charge >= 0.3 is 12.1 Å². The van der Waals surface area contributed by atoms with E-state index in [1.807, 2.05) is 24.3 Å². The molecule has 5 rings (SSSR count). The van der Waals surface area contributed by atoms with Crippen LogP contribution in [-0.2, 0) is 9.53 Å². The van der Waals surface area contributed by atoms with Gasteiger partial charge in [0.05, 0.1) is 0 Å². The summed E-state index contributed by atoms with van der Waals surface area (Å²) >= 11 is 0. The molecular formula is C26H26N4O5. The Kier molecular flexibility index (Phi) is 6.22. The number of likely N-dealkylation sites (tertiary alicyclic amines) is 1. The Balaban J connectivity index is 1.19. The van der Waals surface area contributed by atoms with Crippen LogP contribution in [0.5, 0.6) is 0 Å². The summed E-state index contributed by atoms with van der Waals surface area (Å²) in [5.41, 5.74) is 4.77. The van der Waals surface area contributed by atoms with Crippen LogP contribution >= 0.6 is 0 Å². The Morgan fingerprint density at radius 3 is 2.46 bits per heavy atom. The van der Waals surface area contributed by atoms with Crippen LogP contribution in [0.2, 0.25) is 0 Å². The summed E-state index contributed by atoms with van der Waals surface area (Å²) in [5.74, 6) is -1.06. The van der Waals surface area contributed by atoms with Gasteiger partial charge in [-0.05, 0) is 41.0 Å². The lowest BCUT2D eigenvalue weighted by Crippen LogP contribution is -2.40. The zero-order valence-electron chi connectivity index (χ0n) is 19.1. The van der Waals surface area contributed by atoms with Crippen molar-refractivity contribution in [3.63, 3.8) is 0 Å². The first kappa shape index (κ1) is 22.6. The first-order valence-electron chi connectivity index (χ1n) is 11.7. The minimum atomic E-state index is -0.861. The second-order valence-electron chi connectivity index (χ2n) is 8.97. The molecule has 0 saturated carbocycles. The number of benzene rings is 2. The highest BCUT2D eigenvalue weighted by molar-refractivity contribution is 5.94. The van der Waals surface area contributed by atoms with Gasteiger partial charge < -0.3 is 14.7 Å². The average molecular weight is 475 g/mol. The molecule has 1 atom stereocenters. The number of aromatic nitrogens is 2. The Morgan fingerprint density at radius 2 is 1.77 bits per heavy atom. The predicted octanol–water partition coefficient (Wildman–Crippen LogP) is 4.10. The van der Waals surface area contributed by atoms with Crippen LogP contribution in [-0.4, -0.2) is 57.9 Å². The topological polar surface area (TPSA) is 125 Å². The molecule has 9 nitrogen and oxygen atoms in total. The maximum atomic E-state index is 12.8. The van der Waals surface area contributed by atoms with Crippen LogP contribution in [0.25, 0.3) is 11.1 Å². The zero-order valence-corrected chi connectivity index (χ0v) is 19.1. The number of rotatable bonds is 6. The van der Waals surface area contributed by atoms with E-state index in [0.717, 1.165) is 35.1 Å². The lowest BCUT2D eigenvalue weighted by molar-refractivity contribution is -0.138. The maximum Gasteiger partial charge on any atom is 0.412 e. The molecule has 1 unspecified atom stereocenters. The summed E-state index contributed by atoms with van der Waals surface area (Å²) in [6, 6.07) is 17.7. The van der Waals surface area contributed by atoms with Crippen LogP contribution in [0.15, 0.2) is 54.6 Å². The molecule has 1 saturated heterocycles. The fourth-order valence-electron chi connectivity index (χ4n) is 5.07. The molecule has 0 radical (unpaired) electrons. The summed E-state index contributed by atoms with van der Waals surface area (Å²) < 4.78 is 5.53. The highest BCUT2D eigenvalue weighted by atomic mass is 16.5. The number of hydrogen-bond donors (Lipinski definition) is 3.